The van der Waals surface area contributed by atoms with Crippen LogP contribution in [0.2, 0.25) is 0 Å². The number of nitrogens with two attached hydrogens (primary N) is 1. The monoisotopic (exact) mass is 331 g/mol. The van der Waals surface area contributed by atoms with Crippen LogP contribution in [0, 0.1) is 0 Å². The highest BCUT2D eigenvalue weighted by Crippen LogP contribution is 2.26. The number of carbonyl (C=O) groups is 1. The fourth-order valence-electron chi connectivity index (χ4n) is 2.15. The number of ether oxygens (including phenoxy) is 2. The summed E-state index contributed by atoms with van der Waals surface area (Å²) in [5, 5.41) is 18.8. The summed E-state index contributed by atoms with van der Waals surface area (Å²) in [5.41, 5.74) is 5.38. The summed E-state index contributed by atoms with van der Waals surface area (Å²) in [7, 11) is 0. The van der Waals surface area contributed by atoms with Crippen molar-refractivity contribution in [1.29, 1.82) is 0 Å². The van der Waals surface area contributed by atoms with Crippen LogP contribution in [0.1, 0.15) is 12.5 Å². The number of carbonyl (C=O) groups excluding carboxylic acids is 1. The van der Waals surface area contributed by atoms with Crippen LogP contribution in [-0.4, -0.2) is 34.9 Å². The molecule has 0 amide bonds. The highest BCUT2D eigenvalue weighted by atomic mass is 16.6. The Bertz CT molecular complexity index is 685. The quantitative estimate of drug-likeness (QED) is 0.407. The lowest BCUT2D eigenvalue weighted by Gasteiger charge is -2.22. The van der Waals surface area contributed by atoms with Gasteiger partial charge < -0.3 is 25.4 Å². The number of esters is 1. The van der Waals surface area contributed by atoms with Gasteiger partial charge in [0.1, 0.15) is 24.5 Å². The summed E-state index contributed by atoms with van der Waals surface area (Å²) < 4.78 is 10.6. The maximum absolute atomic E-state index is 12.1. The highest BCUT2D eigenvalue weighted by Gasteiger charge is 2.30. The highest BCUT2D eigenvalue weighted by molar-refractivity contribution is 5.80. The van der Waals surface area contributed by atoms with Crippen molar-refractivity contribution in [2.75, 3.05) is 13.2 Å². The van der Waals surface area contributed by atoms with Crippen LogP contribution < -0.4 is 10.5 Å². The van der Waals surface area contributed by atoms with E-state index >= 15 is 0 Å². The van der Waals surface area contributed by atoms with Crippen LogP contribution in [0.3, 0.4) is 0 Å². The van der Waals surface area contributed by atoms with Gasteiger partial charge in [-0.25, -0.2) is 0 Å². The molecule has 0 aliphatic carbocycles. The van der Waals surface area contributed by atoms with Gasteiger partial charge in [-0.1, -0.05) is 24.3 Å². The molecule has 2 aromatic carbocycles. The van der Waals surface area contributed by atoms with Gasteiger partial charge in [0.25, 0.3) is 0 Å². The molecule has 4 N–H and O–H groups in total. The number of hydrogen-bond acceptors (Lipinski definition) is 6. The predicted octanol–water partition coefficient (Wildman–Crippen LogP) is 1.98. The molecule has 0 aliphatic rings. The van der Waals surface area contributed by atoms with Gasteiger partial charge in [0.15, 0.2) is 11.5 Å². The zero-order valence-corrected chi connectivity index (χ0v) is 13.4. The fourth-order valence-corrected chi connectivity index (χ4v) is 2.15. The second kappa shape index (κ2) is 7.70. The van der Waals surface area contributed by atoms with Crippen molar-refractivity contribution in [3.63, 3.8) is 0 Å². The van der Waals surface area contributed by atoms with Gasteiger partial charge in [-0.3, -0.25) is 4.79 Å². The molecule has 128 valence electrons. The minimum atomic E-state index is -1.25. The van der Waals surface area contributed by atoms with Gasteiger partial charge in [0.2, 0.25) is 0 Å². The Labute approximate surface area is 140 Å². The number of para-hydroxylation sites is 1. The third-order valence-corrected chi connectivity index (χ3v) is 3.41. The van der Waals surface area contributed by atoms with Gasteiger partial charge in [-0.15, -0.1) is 0 Å². The van der Waals surface area contributed by atoms with Crippen molar-refractivity contribution in [3.05, 3.63) is 54.1 Å². The second-order valence-corrected chi connectivity index (χ2v) is 5.71. The van der Waals surface area contributed by atoms with Crippen LogP contribution in [-0.2, 0) is 16.0 Å². The van der Waals surface area contributed by atoms with E-state index in [1.807, 2.05) is 30.3 Å². The molecule has 2 rings (SSSR count). The summed E-state index contributed by atoms with van der Waals surface area (Å²) >= 11 is 0. The number of phenols is 2. The van der Waals surface area contributed by atoms with E-state index in [-0.39, 0.29) is 31.1 Å². The molecule has 0 radical (unpaired) electrons. The Morgan fingerprint density at radius 1 is 1.08 bits per heavy atom. The molecule has 6 nitrogen and oxygen atoms in total. The maximum Gasteiger partial charge on any atom is 0.326 e. The third kappa shape index (κ3) is 4.89. The number of rotatable bonds is 7. The van der Waals surface area contributed by atoms with Gasteiger partial charge in [0.05, 0.1) is 0 Å². The summed E-state index contributed by atoms with van der Waals surface area (Å²) in [6.07, 6.45) is 0.166. The SMILES string of the molecule is CC(N)(Cc1ccc(O)c(O)c1)C(=O)OCCOc1ccccc1. The minimum Gasteiger partial charge on any atom is -0.504 e. The molecule has 0 bridgehead atoms. The van der Waals surface area contributed by atoms with Crippen molar-refractivity contribution in [2.45, 2.75) is 18.9 Å². The molecule has 0 heterocycles. The maximum atomic E-state index is 12.1. The number of phenolic OH excluding ortho intramolecular Hbond substituents is 2. The number of benzene rings is 2. The zero-order chi connectivity index (χ0) is 17.6. The summed E-state index contributed by atoms with van der Waals surface area (Å²) in [6.45, 7) is 1.87. The molecular formula is C18H21NO5. The summed E-state index contributed by atoms with van der Waals surface area (Å²) in [6, 6.07) is 13.5. The molecule has 1 unspecified atom stereocenters. The van der Waals surface area contributed by atoms with Crippen molar-refractivity contribution >= 4 is 5.97 Å². The molecular weight excluding hydrogens is 310 g/mol. The average molecular weight is 331 g/mol. The van der Waals surface area contributed by atoms with Crippen LogP contribution in [0.15, 0.2) is 48.5 Å². The predicted molar refractivity (Wildman–Crippen MR) is 89.0 cm³/mol. The minimum absolute atomic E-state index is 0.0847. The van der Waals surface area contributed by atoms with Crippen LogP contribution in [0.25, 0.3) is 0 Å². The van der Waals surface area contributed by atoms with E-state index in [0.717, 1.165) is 0 Å². The lowest BCUT2D eigenvalue weighted by Crippen LogP contribution is -2.48. The first kappa shape index (κ1) is 17.6. The van der Waals surface area contributed by atoms with Gasteiger partial charge >= 0.3 is 5.97 Å². The molecule has 24 heavy (non-hydrogen) atoms. The van der Waals surface area contributed by atoms with E-state index in [2.05, 4.69) is 0 Å². The average Bonchev–Trinajstić information content (AvgIpc) is 2.55. The van der Waals surface area contributed by atoms with Crippen LogP contribution in [0.5, 0.6) is 17.2 Å². The first-order valence-electron chi connectivity index (χ1n) is 7.53. The molecule has 0 fully saturated rings. The zero-order valence-electron chi connectivity index (χ0n) is 13.4. The van der Waals surface area contributed by atoms with Gasteiger partial charge in [-0.2, -0.15) is 0 Å². The molecule has 0 aliphatic heterocycles. The first-order chi connectivity index (χ1) is 11.4. The third-order valence-electron chi connectivity index (χ3n) is 3.41. The molecule has 0 saturated heterocycles. The Morgan fingerprint density at radius 3 is 2.46 bits per heavy atom. The Morgan fingerprint density at radius 2 is 1.79 bits per heavy atom. The second-order valence-electron chi connectivity index (χ2n) is 5.71. The Balaban J connectivity index is 1.82. The Hall–Kier alpha value is -2.73. The topological polar surface area (TPSA) is 102 Å². The molecule has 0 aromatic heterocycles. The van der Waals surface area contributed by atoms with Gasteiger partial charge in [0, 0.05) is 6.42 Å². The van der Waals surface area contributed by atoms with Crippen LogP contribution in [0.4, 0.5) is 0 Å². The molecule has 6 heteroatoms. The van der Waals surface area contributed by atoms with Crippen LogP contribution >= 0.6 is 0 Å². The Kier molecular flexibility index (Phi) is 5.65. The van der Waals surface area contributed by atoms with E-state index in [0.29, 0.717) is 11.3 Å². The van der Waals surface area contributed by atoms with E-state index in [1.165, 1.54) is 12.1 Å². The standard InChI is InChI=1S/C18H21NO5/c1-18(19,12-13-7-8-15(20)16(21)11-13)17(22)24-10-9-23-14-5-3-2-4-6-14/h2-8,11,20-21H,9-10,12,19H2,1H3. The number of hydrogen-bond donors (Lipinski definition) is 3. The van der Waals surface area contributed by atoms with Crippen molar-refractivity contribution in [3.8, 4) is 17.2 Å². The molecule has 0 saturated carbocycles. The van der Waals surface area contributed by atoms with Crippen molar-refractivity contribution < 1.29 is 24.5 Å². The van der Waals surface area contributed by atoms with E-state index < -0.39 is 11.5 Å². The first-order valence-corrected chi connectivity index (χ1v) is 7.53. The van der Waals surface area contributed by atoms with E-state index in [1.54, 1.807) is 13.0 Å². The molecule has 1 atom stereocenters. The van der Waals surface area contributed by atoms with Crippen molar-refractivity contribution in [2.24, 2.45) is 5.73 Å². The number of aromatic hydroxyl groups is 2. The lowest BCUT2D eigenvalue weighted by atomic mass is 9.94. The largest absolute Gasteiger partial charge is 0.504 e. The van der Waals surface area contributed by atoms with E-state index in [9.17, 15) is 15.0 Å². The van der Waals surface area contributed by atoms with Crippen molar-refractivity contribution in [1.82, 2.24) is 0 Å². The normalized spacial score (nSPS) is 13.1. The summed E-state index contributed by atoms with van der Waals surface area (Å²) in [5.74, 6) is -0.346. The fraction of sp³-hybridized carbons (Fsp3) is 0.278. The molecule has 0 spiro atoms. The lowest BCUT2D eigenvalue weighted by molar-refractivity contribution is -0.150. The van der Waals surface area contributed by atoms with E-state index in [4.69, 9.17) is 15.2 Å². The summed E-state index contributed by atoms with van der Waals surface area (Å²) in [4.78, 5) is 12.1. The van der Waals surface area contributed by atoms with Gasteiger partial charge in [-0.05, 0) is 36.8 Å². The smallest absolute Gasteiger partial charge is 0.326 e. The molecule has 2 aromatic rings.